The van der Waals surface area contributed by atoms with Gasteiger partial charge in [0.05, 0.1) is 28.9 Å². The molecule has 1 aromatic heterocycles. The molecule has 0 saturated carbocycles. The number of ether oxygens (including phenoxy) is 1. The van der Waals surface area contributed by atoms with Crippen molar-refractivity contribution < 1.29 is 4.74 Å². The van der Waals surface area contributed by atoms with E-state index < -0.39 is 0 Å². The molecule has 2 unspecified atom stereocenters. The lowest BCUT2D eigenvalue weighted by Gasteiger charge is -2.20. The van der Waals surface area contributed by atoms with Gasteiger partial charge in [0, 0.05) is 6.61 Å². The maximum absolute atomic E-state index is 12.7. The van der Waals surface area contributed by atoms with E-state index in [1.54, 1.807) is 10.6 Å². The Balaban J connectivity index is 2.63. The molecule has 0 saturated heterocycles. The third-order valence-electron chi connectivity index (χ3n) is 3.19. The molecule has 2 atom stereocenters. The summed E-state index contributed by atoms with van der Waals surface area (Å²) in [6.45, 7) is 6.77. The van der Waals surface area contributed by atoms with Gasteiger partial charge in [0.25, 0.3) is 5.56 Å². The summed E-state index contributed by atoms with van der Waals surface area (Å²) < 4.78 is 7.07. The van der Waals surface area contributed by atoms with Gasteiger partial charge in [0.1, 0.15) is 5.82 Å². The number of hydrogen-bond donors (Lipinski definition) is 0. The van der Waals surface area contributed by atoms with Gasteiger partial charge in [-0.15, -0.1) is 11.6 Å². The summed E-state index contributed by atoms with van der Waals surface area (Å²) in [5.74, 6) is 0.586. The van der Waals surface area contributed by atoms with Gasteiger partial charge in [-0.05, 0) is 32.9 Å². The SMILES string of the molecule is CCOCC(C)n1c(C(C)Cl)nc2ccccc2c1=O. The van der Waals surface area contributed by atoms with Crippen molar-refractivity contribution in [2.45, 2.75) is 32.2 Å². The quantitative estimate of drug-likeness (QED) is 0.795. The maximum atomic E-state index is 12.7. The van der Waals surface area contributed by atoms with E-state index >= 15 is 0 Å². The fraction of sp³-hybridized carbons (Fsp3) is 0.467. The van der Waals surface area contributed by atoms with Crippen LogP contribution in [-0.4, -0.2) is 22.8 Å². The van der Waals surface area contributed by atoms with E-state index in [4.69, 9.17) is 16.3 Å². The number of rotatable bonds is 5. The Morgan fingerprint density at radius 2 is 2.05 bits per heavy atom. The van der Waals surface area contributed by atoms with Crippen molar-refractivity contribution >= 4 is 22.5 Å². The minimum atomic E-state index is -0.337. The standard InChI is InChI=1S/C15H19ClN2O2/c1-4-20-9-10(2)18-14(11(3)16)17-13-8-6-5-7-12(13)15(18)19/h5-8,10-11H,4,9H2,1-3H3. The lowest BCUT2D eigenvalue weighted by Crippen LogP contribution is -2.30. The van der Waals surface area contributed by atoms with Crippen molar-refractivity contribution in [1.82, 2.24) is 9.55 Å². The van der Waals surface area contributed by atoms with Gasteiger partial charge in [-0.1, -0.05) is 12.1 Å². The highest BCUT2D eigenvalue weighted by atomic mass is 35.5. The van der Waals surface area contributed by atoms with Crippen LogP contribution in [0.4, 0.5) is 0 Å². The van der Waals surface area contributed by atoms with Crippen LogP contribution in [0.25, 0.3) is 10.9 Å². The smallest absolute Gasteiger partial charge is 0.261 e. The van der Waals surface area contributed by atoms with Crippen LogP contribution in [0.2, 0.25) is 0 Å². The number of alkyl halides is 1. The first-order valence-electron chi connectivity index (χ1n) is 6.79. The molecule has 108 valence electrons. The maximum Gasteiger partial charge on any atom is 0.261 e. The zero-order valence-corrected chi connectivity index (χ0v) is 12.7. The first-order valence-corrected chi connectivity index (χ1v) is 7.22. The lowest BCUT2D eigenvalue weighted by molar-refractivity contribution is 0.116. The lowest BCUT2D eigenvalue weighted by atomic mass is 10.2. The van der Waals surface area contributed by atoms with Crippen molar-refractivity contribution in [1.29, 1.82) is 0 Å². The number of halogens is 1. The fourth-order valence-corrected chi connectivity index (χ4v) is 2.39. The third kappa shape index (κ3) is 2.86. The van der Waals surface area contributed by atoms with Crippen molar-refractivity contribution in [3.63, 3.8) is 0 Å². The predicted octanol–water partition coefficient (Wildman–Crippen LogP) is 3.29. The first-order chi connectivity index (χ1) is 9.56. The van der Waals surface area contributed by atoms with E-state index in [1.807, 2.05) is 39.0 Å². The Kier molecular flexibility index (Phi) is 4.78. The molecular formula is C15H19ClN2O2. The van der Waals surface area contributed by atoms with Crippen LogP contribution in [0.5, 0.6) is 0 Å². The Labute approximate surface area is 123 Å². The molecule has 0 N–H and O–H groups in total. The zero-order chi connectivity index (χ0) is 14.7. The summed E-state index contributed by atoms with van der Waals surface area (Å²) in [5, 5.41) is 0.272. The van der Waals surface area contributed by atoms with Gasteiger partial charge in [0.2, 0.25) is 0 Å². The number of para-hydroxylation sites is 1. The van der Waals surface area contributed by atoms with E-state index in [0.717, 1.165) is 0 Å². The molecule has 0 radical (unpaired) electrons. The average Bonchev–Trinajstić information content (AvgIpc) is 2.44. The molecule has 1 heterocycles. The van der Waals surface area contributed by atoms with Crippen LogP contribution in [0.3, 0.4) is 0 Å². The summed E-state index contributed by atoms with van der Waals surface area (Å²) in [5.41, 5.74) is 0.616. The molecule has 0 aliphatic carbocycles. The fourth-order valence-electron chi connectivity index (χ4n) is 2.23. The highest BCUT2D eigenvalue weighted by Gasteiger charge is 2.18. The molecule has 2 rings (SSSR count). The zero-order valence-electron chi connectivity index (χ0n) is 12.0. The largest absolute Gasteiger partial charge is 0.380 e. The Morgan fingerprint density at radius 3 is 2.70 bits per heavy atom. The highest BCUT2D eigenvalue weighted by Crippen LogP contribution is 2.21. The van der Waals surface area contributed by atoms with Crippen LogP contribution in [0.1, 0.15) is 38.0 Å². The molecular weight excluding hydrogens is 276 g/mol. The summed E-state index contributed by atoms with van der Waals surface area (Å²) in [6.07, 6.45) is 0. The summed E-state index contributed by atoms with van der Waals surface area (Å²) in [7, 11) is 0. The molecule has 0 aliphatic rings. The number of hydrogen-bond acceptors (Lipinski definition) is 3. The van der Waals surface area contributed by atoms with Gasteiger partial charge in [0.15, 0.2) is 0 Å². The summed E-state index contributed by atoms with van der Waals surface area (Å²) in [4.78, 5) is 17.2. The Bertz CT molecular complexity index is 652. The second-order valence-corrected chi connectivity index (χ2v) is 5.44. The normalized spacial score (nSPS) is 14.4. The van der Waals surface area contributed by atoms with E-state index in [-0.39, 0.29) is 17.0 Å². The molecule has 0 aliphatic heterocycles. The molecule has 4 nitrogen and oxygen atoms in total. The van der Waals surface area contributed by atoms with E-state index in [9.17, 15) is 4.79 Å². The van der Waals surface area contributed by atoms with Gasteiger partial charge in [-0.25, -0.2) is 4.98 Å². The number of aromatic nitrogens is 2. The molecule has 20 heavy (non-hydrogen) atoms. The molecule has 0 spiro atoms. The molecule has 0 amide bonds. The van der Waals surface area contributed by atoms with Crippen molar-refractivity contribution in [3.8, 4) is 0 Å². The van der Waals surface area contributed by atoms with E-state index in [2.05, 4.69) is 4.98 Å². The van der Waals surface area contributed by atoms with Gasteiger partial charge in [-0.2, -0.15) is 0 Å². The molecule has 2 aromatic rings. The van der Waals surface area contributed by atoms with Gasteiger partial charge >= 0.3 is 0 Å². The topological polar surface area (TPSA) is 44.1 Å². The Hall–Kier alpha value is -1.39. The average molecular weight is 295 g/mol. The molecule has 5 heteroatoms. The molecule has 0 bridgehead atoms. The van der Waals surface area contributed by atoms with Crippen LogP contribution in [0.15, 0.2) is 29.1 Å². The predicted molar refractivity (Wildman–Crippen MR) is 81.5 cm³/mol. The van der Waals surface area contributed by atoms with Crippen molar-refractivity contribution in [2.75, 3.05) is 13.2 Å². The van der Waals surface area contributed by atoms with Crippen LogP contribution < -0.4 is 5.56 Å². The minimum absolute atomic E-state index is 0.0645. The highest BCUT2D eigenvalue weighted by molar-refractivity contribution is 6.20. The van der Waals surface area contributed by atoms with Crippen molar-refractivity contribution in [3.05, 3.63) is 40.4 Å². The third-order valence-corrected chi connectivity index (χ3v) is 3.39. The van der Waals surface area contributed by atoms with E-state index in [1.165, 1.54) is 0 Å². The number of fused-ring (bicyclic) bond motifs is 1. The van der Waals surface area contributed by atoms with E-state index in [0.29, 0.717) is 29.9 Å². The van der Waals surface area contributed by atoms with Gasteiger partial charge in [-0.3, -0.25) is 9.36 Å². The Morgan fingerprint density at radius 1 is 1.35 bits per heavy atom. The second-order valence-electron chi connectivity index (χ2n) is 4.79. The monoisotopic (exact) mass is 294 g/mol. The van der Waals surface area contributed by atoms with Gasteiger partial charge < -0.3 is 4.74 Å². The van der Waals surface area contributed by atoms with Crippen LogP contribution in [0, 0.1) is 0 Å². The first kappa shape index (κ1) is 15.0. The van der Waals surface area contributed by atoms with Crippen LogP contribution in [-0.2, 0) is 4.74 Å². The minimum Gasteiger partial charge on any atom is -0.380 e. The summed E-state index contributed by atoms with van der Waals surface area (Å²) >= 11 is 6.20. The van der Waals surface area contributed by atoms with Crippen LogP contribution >= 0.6 is 11.6 Å². The molecule has 0 fully saturated rings. The molecule has 1 aromatic carbocycles. The van der Waals surface area contributed by atoms with Crippen molar-refractivity contribution in [2.24, 2.45) is 0 Å². The number of benzene rings is 1. The second kappa shape index (κ2) is 6.37. The number of nitrogens with zero attached hydrogens (tertiary/aromatic N) is 2. The summed E-state index contributed by atoms with van der Waals surface area (Å²) in [6, 6.07) is 7.22.